The van der Waals surface area contributed by atoms with E-state index < -0.39 is 11.5 Å². The summed E-state index contributed by atoms with van der Waals surface area (Å²) < 4.78 is 0. The molecule has 31 heavy (non-hydrogen) atoms. The van der Waals surface area contributed by atoms with Gasteiger partial charge < -0.3 is 15.3 Å². The lowest BCUT2D eigenvalue weighted by molar-refractivity contribution is 0.0696. The third-order valence-electron chi connectivity index (χ3n) is 6.34. The minimum atomic E-state index is -0.946. The summed E-state index contributed by atoms with van der Waals surface area (Å²) in [7, 11) is 0. The molecule has 0 unspecified atom stereocenters. The maximum absolute atomic E-state index is 13.4. The quantitative estimate of drug-likeness (QED) is 0.631. The van der Waals surface area contributed by atoms with Crippen molar-refractivity contribution in [2.45, 2.75) is 31.3 Å². The van der Waals surface area contributed by atoms with Gasteiger partial charge in [0.15, 0.2) is 0 Å². The maximum Gasteiger partial charge on any atom is 0.335 e. The molecule has 1 amide bonds. The molecule has 0 radical (unpaired) electrons. The number of rotatable bonds is 6. The van der Waals surface area contributed by atoms with Crippen molar-refractivity contribution in [3.63, 3.8) is 0 Å². The van der Waals surface area contributed by atoms with Gasteiger partial charge >= 0.3 is 5.97 Å². The van der Waals surface area contributed by atoms with Gasteiger partial charge in [0, 0.05) is 13.1 Å². The van der Waals surface area contributed by atoms with Crippen LogP contribution in [0.2, 0.25) is 0 Å². The summed E-state index contributed by atoms with van der Waals surface area (Å²) in [4.78, 5) is 26.8. The Labute approximate surface area is 181 Å². The molecule has 5 nitrogen and oxygen atoms in total. The van der Waals surface area contributed by atoms with Crippen LogP contribution in [0, 0.1) is 0 Å². The van der Waals surface area contributed by atoms with Gasteiger partial charge in [0.1, 0.15) is 0 Å². The van der Waals surface area contributed by atoms with E-state index in [-0.39, 0.29) is 11.5 Å². The van der Waals surface area contributed by atoms with Crippen LogP contribution < -0.4 is 10.2 Å². The third-order valence-corrected chi connectivity index (χ3v) is 6.34. The van der Waals surface area contributed by atoms with E-state index in [9.17, 15) is 9.59 Å². The molecule has 1 aliphatic heterocycles. The van der Waals surface area contributed by atoms with Crippen LogP contribution in [0.25, 0.3) is 0 Å². The highest BCUT2D eigenvalue weighted by Crippen LogP contribution is 2.46. The molecule has 0 spiro atoms. The molecule has 5 rings (SSSR count). The second-order valence-corrected chi connectivity index (χ2v) is 8.39. The molecule has 2 aliphatic rings. The van der Waals surface area contributed by atoms with E-state index in [0.29, 0.717) is 5.56 Å². The first kappa shape index (κ1) is 19.4. The van der Waals surface area contributed by atoms with Crippen molar-refractivity contribution >= 4 is 17.6 Å². The van der Waals surface area contributed by atoms with E-state index in [4.69, 9.17) is 5.11 Å². The second-order valence-electron chi connectivity index (χ2n) is 8.39. The molecular formula is C26H24N2O3. The third kappa shape index (κ3) is 3.67. The van der Waals surface area contributed by atoms with Gasteiger partial charge in [-0.25, -0.2) is 4.79 Å². The first-order valence-electron chi connectivity index (χ1n) is 10.6. The number of benzene rings is 3. The van der Waals surface area contributed by atoms with Gasteiger partial charge in [0.05, 0.1) is 22.4 Å². The number of anilines is 1. The second kappa shape index (κ2) is 7.58. The van der Waals surface area contributed by atoms with Crippen molar-refractivity contribution in [3.8, 4) is 0 Å². The van der Waals surface area contributed by atoms with E-state index in [0.717, 1.165) is 43.6 Å². The minimum absolute atomic E-state index is 0.0726. The smallest absolute Gasteiger partial charge is 0.335 e. The first-order valence-corrected chi connectivity index (χ1v) is 10.6. The molecule has 3 aromatic rings. The summed E-state index contributed by atoms with van der Waals surface area (Å²) in [6, 6.07) is 23.1. The fourth-order valence-corrected chi connectivity index (χ4v) is 4.51. The van der Waals surface area contributed by atoms with Gasteiger partial charge in [-0.2, -0.15) is 0 Å². The number of carbonyl (C=O) groups excluding carboxylic acids is 1. The molecule has 1 fully saturated rings. The number of amides is 1. The highest BCUT2D eigenvalue weighted by molar-refractivity contribution is 6.01. The number of nitrogens with zero attached hydrogens (tertiary/aromatic N) is 1. The van der Waals surface area contributed by atoms with E-state index in [1.807, 2.05) is 42.5 Å². The number of carboxylic acid groups (broad SMARTS) is 1. The highest BCUT2D eigenvalue weighted by atomic mass is 16.4. The summed E-state index contributed by atoms with van der Waals surface area (Å²) in [5.41, 5.74) is 4.98. The van der Waals surface area contributed by atoms with Crippen LogP contribution in [0.4, 0.5) is 5.69 Å². The van der Waals surface area contributed by atoms with Crippen molar-refractivity contribution in [2.75, 3.05) is 11.4 Å². The Kier molecular flexibility index (Phi) is 4.74. The predicted octanol–water partition coefficient (Wildman–Crippen LogP) is 4.37. The van der Waals surface area contributed by atoms with Gasteiger partial charge in [0.2, 0.25) is 0 Å². The molecular weight excluding hydrogens is 388 g/mol. The molecule has 0 bridgehead atoms. The average Bonchev–Trinajstić information content (AvgIpc) is 3.46. The van der Waals surface area contributed by atoms with Crippen LogP contribution in [0.1, 0.15) is 50.2 Å². The zero-order valence-electron chi connectivity index (χ0n) is 17.2. The number of carbonyl (C=O) groups is 2. The van der Waals surface area contributed by atoms with E-state index in [1.54, 1.807) is 12.1 Å². The van der Waals surface area contributed by atoms with Crippen molar-refractivity contribution in [1.29, 1.82) is 0 Å². The standard InChI is InChI=1S/C26H24N2O3/c29-24(27-26(14-15-26)21-11-9-20(10-12-21)25(30)31)22-8-4-7-19-13-16-28(23(19)22)17-18-5-2-1-3-6-18/h1-12H,13-17H2,(H,27,29)(H,30,31). The molecule has 0 atom stereocenters. The van der Waals surface area contributed by atoms with Crippen LogP contribution in [0.15, 0.2) is 72.8 Å². The summed E-state index contributed by atoms with van der Waals surface area (Å²) >= 11 is 0. The minimum Gasteiger partial charge on any atom is -0.478 e. The van der Waals surface area contributed by atoms with Gasteiger partial charge in [-0.1, -0.05) is 54.6 Å². The Morgan fingerprint density at radius 3 is 2.35 bits per heavy atom. The van der Waals surface area contributed by atoms with Crippen LogP contribution >= 0.6 is 0 Å². The molecule has 0 aromatic heterocycles. The number of fused-ring (bicyclic) bond motifs is 1. The van der Waals surface area contributed by atoms with Crippen LogP contribution in [-0.2, 0) is 18.5 Å². The Morgan fingerprint density at radius 1 is 0.935 bits per heavy atom. The maximum atomic E-state index is 13.4. The van der Waals surface area contributed by atoms with Gasteiger partial charge in [-0.3, -0.25) is 4.79 Å². The van der Waals surface area contributed by atoms with Gasteiger partial charge in [-0.15, -0.1) is 0 Å². The molecule has 1 heterocycles. The summed E-state index contributed by atoms with van der Waals surface area (Å²) in [6.45, 7) is 1.68. The van der Waals surface area contributed by atoms with Crippen molar-refractivity contribution in [1.82, 2.24) is 5.32 Å². The summed E-state index contributed by atoms with van der Waals surface area (Å²) in [6.07, 6.45) is 2.65. The Balaban J connectivity index is 1.39. The Morgan fingerprint density at radius 2 is 1.68 bits per heavy atom. The Hall–Kier alpha value is -3.60. The van der Waals surface area contributed by atoms with Crippen LogP contribution in [0.5, 0.6) is 0 Å². The molecule has 0 saturated heterocycles. The first-order chi connectivity index (χ1) is 15.1. The normalized spacial score (nSPS) is 15.9. The summed E-state index contributed by atoms with van der Waals surface area (Å²) in [5.74, 6) is -1.02. The Bertz CT molecular complexity index is 1140. The van der Waals surface area contributed by atoms with Crippen molar-refractivity contribution < 1.29 is 14.7 Å². The molecule has 1 aliphatic carbocycles. The number of para-hydroxylation sites is 1. The predicted molar refractivity (Wildman–Crippen MR) is 119 cm³/mol. The fourth-order valence-electron chi connectivity index (χ4n) is 4.51. The largest absolute Gasteiger partial charge is 0.478 e. The molecule has 3 aromatic carbocycles. The molecule has 156 valence electrons. The van der Waals surface area contributed by atoms with Crippen LogP contribution in [-0.4, -0.2) is 23.5 Å². The lowest BCUT2D eigenvalue weighted by Crippen LogP contribution is -2.36. The van der Waals surface area contributed by atoms with Crippen LogP contribution in [0.3, 0.4) is 0 Å². The zero-order valence-corrected chi connectivity index (χ0v) is 17.2. The van der Waals surface area contributed by atoms with E-state index in [2.05, 4.69) is 28.4 Å². The lowest BCUT2D eigenvalue weighted by Gasteiger charge is -2.24. The molecule has 5 heteroatoms. The van der Waals surface area contributed by atoms with E-state index in [1.165, 1.54) is 11.1 Å². The molecule has 2 N–H and O–H groups in total. The number of carboxylic acids is 1. The SMILES string of the molecule is O=C(O)c1ccc(C2(NC(=O)c3cccc4c3N(Cc3ccccc3)CC4)CC2)cc1. The van der Waals surface area contributed by atoms with E-state index >= 15 is 0 Å². The zero-order chi connectivity index (χ0) is 21.4. The lowest BCUT2D eigenvalue weighted by atomic mass is 10.0. The summed E-state index contributed by atoms with van der Waals surface area (Å²) in [5, 5.41) is 12.4. The fraction of sp³-hybridized carbons (Fsp3) is 0.231. The average molecular weight is 412 g/mol. The topological polar surface area (TPSA) is 69.6 Å². The monoisotopic (exact) mass is 412 g/mol. The number of hydrogen-bond donors (Lipinski definition) is 2. The van der Waals surface area contributed by atoms with Crippen molar-refractivity contribution in [2.24, 2.45) is 0 Å². The number of nitrogens with one attached hydrogen (secondary N) is 1. The number of hydrogen-bond acceptors (Lipinski definition) is 3. The van der Waals surface area contributed by atoms with Gasteiger partial charge in [-0.05, 0) is 54.2 Å². The van der Waals surface area contributed by atoms with Crippen molar-refractivity contribution in [3.05, 3.63) is 101 Å². The van der Waals surface area contributed by atoms with Gasteiger partial charge in [0.25, 0.3) is 5.91 Å². The molecule has 1 saturated carbocycles. The highest BCUT2D eigenvalue weighted by Gasteiger charge is 2.46. The number of aromatic carboxylic acids is 1.